The summed E-state index contributed by atoms with van der Waals surface area (Å²) in [6, 6.07) is 0.615. The molecule has 0 radical (unpaired) electrons. The molecule has 4 heteroatoms. The van der Waals surface area contributed by atoms with Crippen LogP contribution in [0, 0.1) is 12.8 Å². The average molecular weight is 236 g/mol. The number of hydrogen-bond donors (Lipinski definition) is 2. The van der Waals surface area contributed by atoms with Crippen molar-refractivity contribution in [3.8, 4) is 0 Å². The van der Waals surface area contributed by atoms with E-state index in [1.807, 2.05) is 11.6 Å². The van der Waals surface area contributed by atoms with Crippen LogP contribution < -0.4 is 11.1 Å². The van der Waals surface area contributed by atoms with Crippen LogP contribution in [-0.2, 0) is 6.54 Å². The first kappa shape index (κ1) is 12.3. The van der Waals surface area contributed by atoms with E-state index >= 15 is 0 Å². The first-order valence-electron chi connectivity index (χ1n) is 6.76. The molecule has 1 heterocycles. The van der Waals surface area contributed by atoms with Crippen LogP contribution in [0.3, 0.4) is 0 Å². The van der Waals surface area contributed by atoms with Gasteiger partial charge in [-0.25, -0.2) is 4.68 Å². The van der Waals surface area contributed by atoms with E-state index in [4.69, 9.17) is 5.73 Å². The first-order valence-corrected chi connectivity index (χ1v) is 6.76. The van der Waals surface area contributed by atoms with Crippen molar-refractivity contribution in [3.05, 3.63) is 5.69 Å². The SMILES string of the molecule is CCCC1CC1Nc1c(N)c(C)nn1CCC. The average Bonchev–Trinajstić information content (AvgIpc) is 2.97. The second-order valence-corrected chi connectivity index (χ2v) is 5.11. The predicted octanol–water partition coefficient (Wildman–Crippen LogP) is 2.78. The van der Waals surface area contributed by atoms with Gasteiger partial charge in [0.15, 0.2) is 0 Å². The summed E-state index contributed by atoms with van der Waals surface area (Å²) >= 11 is 0. The summed E-state index contributed by atoms with van der Waals surface area (Å²) in [5.41, 5.74) is 7.84. The Hall–Kier alpha value is -1.19. The molecule has 1 saturated carbocycles. The van der Waals surface area contributed by atoms with Gasteiger partial charge in [-0.05, 0) is 32.1 Å². The number of nitrogens with zero attached hydrogens (tertiary/aromatic N) is 2. The molecular weight excluding hydrogens is 212 g/mol. The number of aryl methyl sites for hydroxylation is 2. The molecular formula is C13H24N4. The Labute approximate surface area is 104 Å². The summed E-state index contributed by atoms with van der Waals surface area (Å²) in [5, 5.41) is 8.05. The minimum atomic E-state index is 0.615. The highest BCUT2D eigenvalue weighted by molar-refractivity contribution is 5.65. The zero-order valence-corrected chi connectivity index (χ0v) is 11.2. The van der Waals surface area contributed by atoms with Gasteiger partial charge in [-0.2, -0.15) is 5.10 Å². The van der Waals surface area contributed by atoms with E-state index in [9.17, 15) is 0 Å². The monoisotopic (exact) mass is 236 g/mol. The molecule has 1 aliphatic rings. The van der Waals surface area contributed by atoms with Crippen molar-refractivity contribution >= 4 is 11.5 Å². The Morgan fingerprint density at radius 3 is 2.82 bits per heavy atom. The smallest absolute Gasteiger partial charge is 0.148 e. The summed E-state index contributed by atoms with van der Waals surface area (Å²) in [7, 11) is 0. The highest BCUT2D eigenvalue weighted by atomic mass is 15.3. The summed E-state index contributed by atoms with van der Waals surface area (Å²) in [5.74, 6) is 1.87. The Morgan fingerprint density at radius 2 is 2.18 bits per heavy atom. The molecule has 1 aliphatic carbocycles. The lowest BCUT2D eigenvalue weighted by Crippen LogP contribution is -2.12. The van der Waals surface area contributed by atoms with Crippen LogP contribution in [0.4, 0.5) is 11.5 Å². The number of hydrogen-bond acceptors (Lipinski definition) is 3. The largest absolute Gasteiger partial charge is 0.394 e. The van der Waals surface area contributed by atoms with E-state index in [2.05, 4.69) is 24.3 Å². The van der Waals surface area contributed by atoms with Crippen LogP contribution >= 0.6 is 0 Å². The normalized spacial score (nSPS) is 22.8. The minimum Gasteiger partial charge on any atom is -0.394 e. The maximum atomic E-state index is 6.08. The third-order valence-corrected chi connectivity index (χ3v) is 3.51. The number of nitrogen functional groups attached to an aromatic ring is 1. The lowest BCUT2D eigenvalue weighted by atomic mass is 10.2. The quantitative estimate of drug-likeness (QED) is 0.798. The van der Waals surface area contributed by atoms with E-state index in [1.165, 1.54) is 19.3 Å². The van der Waals surface area contributed by atoms with E-state index in [-0.39, 0.29) is 0 Å². The maximum absolute atomic E-state index is 6.08. The summed E-state index contributed by atoms with van der Waals surface area (Å²) in [6.07, 6.45) is 4.95. The second kappa shape index (κ2) is 4.98. The van der Waals surface area contributed by atoms with Crippen molar-refractivity contribution in [2.24, 2.45) is 5.92 Å². The molecule has 3 N–H and O–H groups in total. The Balaban J connectivity index is 2.04. The molecule has 0 aliphatic heterocycles. The Kier molecular flexibility index (Phi) is 3.60. The third kappa shape index (κ3) is 2.56. The third-order valence-electron chi connectivity index (χ3n) is 3.51. The standard InChI is InChI=1S/C13H24N4/c1-4-6-10-8-11(10)15-13-12(14)9(3)16-17(13)7-5-2/h10-11,15H,4-8,14H2,1-3H3. The van der Waals surface area contributed by atoms with Crippen LogP contribution in [0.25, 0.3) is 0 Å². The van der Waals surface area contributed by atoms with Gasteiger partial charge in [0.25, 0.3) is 0 Å². The number of nitrogens with two attached hydrogens (primary N) is 1. The molecule has 0 saturated heterocycles. The van der Waals surface area contributed by atoms with Crippen molar-refractivity contribution in [1.29, 1.82) is 0 Å². The number of rotatable bonds is 6. The molecule has 0 bridgehead atoms. The van der Waals surface area contributed by atoms with Gasteiger partial charge >= 0.3 is 0 Å². The zero-order valence-electron chi connectivity index (χ0n) is 11.2. The minimum absolute atomic E-state index is 0.615. The summed E-state index contributed by atoms with van der Waals surface area (Å²) in [6.45, 7) is 7.32. The van der Waals surface area contributed by atoms with Crippen LogP contribution in [-0.4, -0.2) is 15.8 Å². The lowest BCUT2D eigenvalue weighted by molar-refractivity contribution is 0.600. The van der Waals surface area contributed by atoms with Gasteiger partial charge in [-0.1, -0.05) is 20.3 Å². The molecule has 1 aromatic heterocycles. The van der Waals surface area contributed by atoms with Gasteiger partial charge < -0.3 is 11.1 Å². The van der Waals surface area contributed by atoms with Crippen LogP contribution in [0.5, 0.6) is 0 Å². The van der Waals surface area contributed by atoms with Crippen LogP contribution in [0.1, 0.15) is 45.2 Å². The fourth-order valence-electron chi connectivity index (χ4n) is 2.41. The van der Waals surface area contributed by atoms with Crippen LogP contribution in [0.2, 0.25) is 0 Å². The highest BCUT2D eigenvalue weighted by Crippen LogP contribution is 2.38. The molecule has 2 unspecified atom stereocenters. The predicted molar refractivity (Wildman–Crippen MR) is 72.1 cm³/mol. The van der Waals surface area contributed by atoms with E-state index in [0.29, 0.717) is 6.04 Å². The second-order valence-electron chi connectivity index (χ2n) is 5.11. The molecule has 0 spiro atoms. The van der Waals surface area contributed by atoms with Crippen molar-refractivity contribution in [3.63, 3.8) is 0 Å². The molecule has 0 aromatic carbocycles. The summed E-state index contributed by atoms with van der Waals surface area (Å²) < 4.78 is 2.02. The topological polar surface area (TPSA) is 55.9 Å². The molecule has 0 amide bonds. The van der Waals surface area contributed by atoms with Crippen molar-refractivity contribution < 1.29 is 0 Å². The van der Waals surface area contributed by atoms with Crippen molar-refractivity contribution in [1.82, 2.24) is 9.78 Å². The molecule has 2 rings (SSSR count). The molecule has 1 fully saturated rings. The van der Waals surface area contributed by atoms with Gasteiger partial charge in [0, 0.05) is 12.6 Å². The summed E-state index contributed by atoms with van der Waals surface area (Å²) in [4.78, 5) is 0. The van der Waals surface area contributed by atoms with Gasteiger partial charge in [-0.3, -0.25) is 0 Å². The fourth-order valence-corrected chi connectivity index (χ4v) is 2.41. The van der Waals surface area contributed by atoms with E-state index in [0.717, 1.165) is 36.1 Å². The Bertz CT molecular complexity index is 383. The number of aromatic nitrogens is 2. The molecule has 4 nitrogen and oxygen atoms in total. The van der Waals surface area contributed by atoms with E-state index in [1.54, 1.807) is 0 Å². The van der Waals surface area contributed by atoms with Gasteiger partial charge in [0.2, 0.25) is 0 Å². The fraction of sp³-hybridized carbons (Fsp3) is 0.769. The number of nitrogens with one attached hydrogen (secondary N) is 1. The van der Waals surface area contributed by atoms with E-state index < -0.39 is 0 Å². The molecule has 96 valence electrons. The van der Waals surface area contributed by atoms with Crippen LogP contribution in [0.15, 0.2) is 0 Å². The Morgan fingerprint density at radius 1 is 1.41 bits per heavy atom. The molecule has 2 atom stereocenters. The lowest BCUT2D eigenvalue weighted by Gasteiger charge is -2.09. The zero-order chi connectivity index (χ0) is 12.4. The first-order chi connectivity index (χ1) is 8.17. The van der Waals surface area contributed by atoms with Gasteiger partial charge in [0.05, 0.1) is 11.4 Å². The highest BCUT2D eigenvalue weighted by Gasteiger charge is 2.37. The molecule has 1 aromatic rings. The van der Waals surface area contributed by atoms with Crippen molar-refractivity contribution in [2.45, 2.75) is 59.0 Å². The number of anilines is 2. The molecule has 17 heavy (non-hydrogen) atoms. The van der Waals surface area contributed by atoms with Crippen molar-refractivity contribution in [2.75, 3.05) is 11.1 Å². The van der Waals surface area contributed by atoms with Gasteiger partial charge in [-0.15, -0.1) is 0 Å². The van der Waals surface area contributed by atoms with Gasteiger partial charge in [0.1, 0.15) is 5.82 Å². The maximum Gasteiger partial charge on any atom is 0.148 e.